The third-order valence-electron chi connectivity index (χ3n) is 15.3. The molecule has 1 aromatic carbocycles. The molecule has 2 heterocycles. The summed E-state index contributed by atoms with van der Waals surface area (Å²) >= 11 is 0. The second kappa shape index (κ2) is 23.9. The molecule has 5 aliphatic rings. The maximum absolute atomic E-state index is 14.8. The highest BCUT2D eigenvalue weighted by Gasteiger charge is 2.64. The molecule has 362 valence electrons. The molecule has 4 fully saturated rings. The van der Waals surface area contributed by atoms with E-state index in [2.05, 4.69) is 19.1 Å². The van der Waals surface area contributed by atoms with Gasteiger partial charge in [-0.3, -0.25) is 9.59 Å². The molecule has 12 heteroatoms. The van der Waals surface area contributed by atoms with E-state index < -0.39 is 59.4 Å². The van der Waals surface area contributed by atoms with Crippen molar-refractivity contribution >= 4 is 23.9 Å². The fraction of sp³-hybridized carbons (Fsp3) is 0.736. The molecule has 0 radical (unpaired) electrons. The normalized spacial score (nSPS) is 30.9. The van der Waals surface area contributed by atoms with E-state index in [1.807, 2.05) is 51.1 Å². The lowest BCUT2D eigenvalue weighted by Crippen LogP contribution is -2.66. The van der Waals surface area contributed by atoms with Crippen LogP contribution in [0.25, 0.3) is 0 Å². The number of ketones is 1. The number of allylic oxidation sites excluding steroid dienone is 2. The summed E-state index contributed by atoms with van der Waals surface area (Å²) in [5.74, 6) is -2.02. The minimum absolute atomic E-state index is 0.0447. The first-order chi connectivity index (χ1) is 31.2. The molecule has 3 aliphatic carbocycles. The number of benzene rings is 1. The highest BCUT2D eigenvalue weighted by Crippen LogP contribution is 2.60. The number of rotatable bonds is 23. The van der Waals surface area contributed by atoms with Crippen LogP contribution in [0.5, 0.6) is 0 Å². The maximum atomic E-state index is 14.8. The van der Waals surface area contributed by atoms with Gasteiger partial charge in [-0.15, -0.1) is 0 Å². The zero-order valence-corrected chi connectivity index (χ0v) is 40.1. The van der Waals surface area contributed by atoms with E-state index in [1.165, 1.54) is 71.1 Å². The van der Waals surface area contributed by atoms with Gasteiger partial charge in [-0.25, -0.2) is 9.59 Å². The standard InChI is InChI=1S/C53H78O12/c1-7-8-9-10-11-12-13-14-15-16-17-18-19-20-24-27-46-60-32-39(63-46)33-61-51(58)65-44(28-37-25-22-21-23-26-37)50(57)64-42-30-38-29-41-40-34-59-43(40)31-45(55)53(41,6)49(56)48(62-36(3)54)47(35(42)2)52(38,4)5/h14-15,21-23,25-26,38-46,48,55H,7-13,16-20,24,27-34H2,1-6H3/b15-14-/t38?,39?,40?,41?,42-,43?,44?,45?,46?,48?,53?/m0/s1. The fourth-order valence-electron chi connectivity index (χ4n) is 11.2. The quantitative estimate of drug-likeness (QED) is 0.0481. The van der Waals surface area contributed by atoms with Crippen LogP contribution in [0.1, 0.15) is 156 Å². The van der Waals surface area contributed by atoms with Gasteiger partial charge in [-0.05, 0) is 99.2 Å². The minimum Gasteiger partial charge on any atom is -0.455 e. The zero-order chi connectivity index (χ0) is 46.6. The number of aliphatic hydroxyl groups excluding tert-OH is 1. The molecule has 0 aromatic heterocycles. The maximum Gasteiger partial charge on any atom is 0.509 e. The Morgan fingerprint density at radius 3 is 2.20 bits per heavy atom. The van der Waals surface area contributed by atoms with Gasteiger partial charge in [-0.2, -0.15) is 0 Å². The Hall–Kier alpha value is -3.58. The van der Waals surface area contributed by atoms with E-state index in [9.17, 15) is 24.3 Å². The van der Waals surface area contributed by atoms with Crippen LogP contribution >= 0.6 is 0 Å². The van der Waals surface area contributed by atoms with Crippen LogP contribution in [0.15, 0.2) is 53.6 Å². The number of aliphatic hydroxyl groups is 1. The molecule has 6 rings (SSSR count). The van der Waals surface area contributed by atoms with Crippen molar-refractivity contribution in [2.24, 2.45) is 28.6 Å². The lowest BCUT2D eigenvalue weighted by molar-refractivity contribution is -0.231. The van der Waals surface area contributed by atoms with Crippen molar-refractivity contribution in [1.29, 1.82) is 0 Å². The van der Waals surface area contributed by atoms with Crippen molar-refractivity contribution in [2.75, 3.05) is 19.8 Å². The first-order valence-electron chi connectivity index (χ1n) is 25.0. The van der Waals surface area contributed by atoms with Crippen molar-refractivity contribution in [2.45, 2.75) is 200 Å². The van der Waals surface area contributed by atoms with Crippen molar-refractivity contribution in [3.05, 3.63) is 59.2 Å². The molecule has 2 aliphatic heterocycles. The van der Waals surface area contributed by atoms with E-state index in [0.29, 0.717) is 37.0 Å². The Morgan fingerprint density at radius 1 is 0.862 bits per heavy atom. The topological polar surface area (TPSA) is 153 Å². The van der Waals surface area contributed by atoms with Crippen molar-refractivity contribution in [1.82, 2.24) is 0 Å². The Kier molecular flexibility index (Phi) is 18.7. The predicted molar refractivity (Wildman–Crippen MR) is 246 cm³/mol. The summed E-state index contributed by atoms with van der Waals surface area (Å²) in [5.41, 5.74) is 0.161. The first kappa shape index (κ1) is 50.8. The number of unbranched alkanes of at least 4 members (excludes halogenated alkanes) is 11. The predicted octanol–water partition coefficient (Wildman–Crippen LogP) is 10.1. The molecule has 2 saturated carbocycles. The smallest absolute Gasteiger partial charge is 0.455 e. The lowest BCUT2D eigenvalue weighted by Gasteiger charge is -2.60. The summed E-state index contributed by atoms with van der Waals surface area (Å²) in [6.45, 7) is 11.9. The summed E-state index contributed by atoms with van der Waals surface area (Å²) in [5, 5.41) is 11.5. The number of fused-ring (bicyclic) bond motifs is 5. The molecule has 0 spiro atoms. The summed E-state index contributed by atoms with van der Waals surface area (Å²) in [6.07, 6.45) is 16.6. The molecule has 0 amide bonds. The molecule has 2 saturated heterocycles. The monoisotopic (exact) mass is 907 g/mol. The number of carbonyl (C=O) groups is 4. The van der Waals surface area contributed by atoms with Crippen LogP contribution in [0, 0.1) is 28.6 Å². The highest BCUT2D eigenvalue weighted by atomic mass is 16.8. The average Bonchev–Trinajstić information content (AvgIpc) is 3.73. The summed E-state index contributed by atoms with van der Waals surface area (Å²) in [7, 11) is 0. The Labute approximate surface area is 387 Å². The lowest BCUT2D eigenvalue weighted by atomic mass is 9.48. The number of esters is 2. The molecular formula is C53H78O12. The van der Waals surface area contributed by atoms with E-state index in [4.69, 9.17) is 33.2 Å². The molecule has 1 N–H and O–H groups in total. The van der Waals surface area contributed by atoms with E-state index in [-0.39, 0.29) is 55.6 Å². The number of ether oxygens (including phenoxy) is 7. The second-order valence-electron chi connectivity index (χ2n) is 20.2. The molecule has 11 atom stereocenters. The van der Waals surface area contributed by atoms with Crippen LogP contribution in [-0.4, -0.2) is 91.7 Å². The largest absolute Gasteiger partial charge is 0.509 e. The summed E-state index contributed by atoms with van der Waals surface area (Å²) in [4.78, 5) is 55.0. The van der Waals surface area contributed by atoms with Crippen LogP contribution < -0.4 is 0 Å². The van der Waals surface area contributed by atoms with Crippen LogP contribution in [0.3, 0.4) is 0 Å². The van der Waals surface area contributed by atoms with Gasteiger partial charge >= 0.3 is 18.1 Å². The molecule has 12 nitrogen and oxygen atoms in total. The highest BCUT2D eigenvalue weighted by molar-refractivity contribution is 5.94. The van der Waals surface area contributed by atoms with E-state index >= 15 is 0 Å². The van der Waals surface area contributed by atoms with Gasteiger partial charge in [-0.1, -0.05) is 115 Å². The molecule has 2 bridgehead atoms. The Balaban J connectivity index is 1.01. The SMILES string of the molecule is CCCCCCCC/C=C\CCCCCCCC1OCC(COC(=O)OC(Cc2ccccc2)C(=O)O[C@H]2CC3CC4C5COC5CC(O)C4(C)C(=O)C(OC(C)=O)C(=C2C)C3(C)C)O1. The van der Waals surface area contributed by atoms with E-state index in [1.54, 1.807) is 6.92 Å². The number of hydrogen-bond donors (Lipinski definition) is 1. The fourth-order valence-corrected chi connectivity index (χ4v) is 11.2. The van der Waals surface area contributed by atoms with Crippen molar-refractivity contribution in [3.63, 3.8) is 0 Å². The second-order valence-corrected chi connectivity index (χ2v) is 20.2. The number of Topliss-reactive ketones (excluding diaryl/α,β-unsaturated/α-hetero) is 1. The van der Waals surface area contributed by atoms with Gasteiger partial charge < -0.3 is 38.3 Å². The Morgan fingerprint density at radius 2 is 1.54 bits per heavy atom. The van der Waals surface area contributed by atoms with E-state index in [0.717, 1.165) is 31.2 Å². The summed E-state index contributed by atoms with van der Waals surface area (Å²) < 4.78 is 41.2. The summed E-state index contributed by atoms with van der Waals surface area (Å²) in [6, 6.07) is 9.22. The van der Waals surface area contributed by atoms with Crippen LogP contribution in [0.4, 0.5) is 4.79 Å². The van der Waals surface area contributed by atoms with Crippen molar-refractivity contribution in [3.8, 4) is 0 Å². The van der Waals surface area contributed by atoms with Crippen LogP contribution in [0.2, 0.25) is 0 Å². The number of carbonyl (C=O) groups excluding carboxylic acids is 4. The molecular weight excluding hydrogens is 829 g/mol. The first-order valence-corrected chi connectivity index (χ1v) is 25.0. The molecule has 65 heavy (non-hydrogen) atoms. The third kappa shape index (κ3) is 12.9. The van der Waals surface area contributed by atoms with Gasteiger partial charge in [0.15, 0.2) is 18.2 Å². The minimum atomic E-state index is -1.34. The van der Waals surface area contributed by atoms with Gasteiger partial charge in [0.2, 0.25) is 6.10 Å². The number of hydrogen-bond acceptors (Lipinski definition) is 12. The zero-order valence-electron chi connectivity index (χ0n) is 40.1. The van der Waals surface area contributed by atoms with Crippen molar-refractivity contribution < 1.29 is 57.4 Å². The average molecular weight is 907 g/mol. The third-order valence-corrected chi connectivity index (χ3v) is 15.3. The van der Waals surface area contributed by atoms with Gasteiger partial charge in [0.1, 0.15) is 18.8 Å². The van der Waals surface area contributed by atoms with Gasteiger partial charge in [0.25, 0.3) is 0 Å². The molecule has 10 unspecified atom stereocenters. The van der Waals surface area contributed by atoms with Gasteiger partial charge in [0.05, 0.1) is 30.8 Å². The van der Waals surface area contributed by atoms with Crippen LogP contribution in [-0.2, 0) is 54.0 Å². The molecule has 1 aromatic rings. The Bertz CT molecular complexity index is 1790. The van der Waals surface area contributed by atoms with Gasteiger partial charge in [0, 0.05) is 25.7 Å².